The van der Waals surface area contributed by atoms with E-state index >= 15 is 0 Å². The third kappa shape index (κ3) is 5.44. The fourth-order valence-electron chi connectivity index (χ4n) is 3.07. The number of furan rings is 1. The molecule has 8 heteroatoms. The second kappa shape index (κ2) is 9.98. The fourth-order valence-corrected chi connectivity index (χ4v) is 3.20. The lowest BCUT2D eigenvalue weighted by molar-refractivity contribution is -0.116. The summed E-state index contributed by atoms with van der Waals surface area (Å²) in [6, 6.07) is 17.6. The van der Waals surface area contributed by atoms with Crippen molar-refractivity contribution in [2.75, 3.05) is 5.32 Å². The van der Waals surface area contributed by atoms with Gasteiger partial charge in [-0.2, -0.15) is 0 Å². The number of halogens is 1. The normalized spacial score (nSPS) is 10.7. The summed E-state index contributed by atoms with van der Waals surface area (Å²) in [4.78, 5) is 29.3. The lowest BCUT2D eigenvalue weighted by atomic mass is 10.1. The minimum Gasteiger partial charge on any atom is -0.467 e. The minimum absolute atomic E-state index is 0.156. The SMILES string of the molecule is O=C(CCc1ncc(-c2ccc(Cl)cc2)o1)Nc1ccccc1C(=O)NCc1ccco1. The molecule has 0 atom stereocenters. The van der Waals surface area contributed by atoms with Gasteiger partial charge in [-0.3, -0.25) is 9.59 Å². The summed E-state index contributed by atoms with van der Waals surface area (Å²) in [5, 5.41) is 6.21. The van der Waals surface area contributed by atoms with Crippen LogP contribution < -0.4 is 10.6 Å². The lowest BCUT2D eigenvalue weighted by Crippen LogP contribution is -2.24. The first-order chi connectivity index (χ1) is 15.6. The van der Waals surface area contributed by atoms with E-state index in [1.807, 2.05) is 12.1 Å². The number of aryl methyl sites for hydroxylation is 1. The predicted octanol–water partition coefficient (Wildman–Crippen LogP) is 5.09. The van der Waals surface area contributed by atoms with Crippen LogP contribution in [-0.4, -0.2) is 16.8 Å². The first-order valence-electron chi connectivity index (χ1n) is 9.98. The molecule has 0 aliphatic heterocycles. The Morgan fingerprint density at radius 3 is 2.59 bits per heavy atom. The second-order valence-corrected chi connectivity index (χ2v) is 7.42. The van der Waals surface area contributed by atoms with Gasteiger partial charge in [0, 0.05) is 23.4 Å². The molecule has 0 unspecified atom stereocenters. The number of carbonyl (C=O) groups is 2. The summed E-state index contributed by atoms with van der Waals surface area (Å²) in [6.45, 7) is 0.258. The standard InChI is InChI=1S/C24H20ClN3O4/c25-17-9-7-16(8-10-17)21-15-26-23(32-21)12-11-22(29)28-20-6-2-1-5-19(20)24(30)27-14-18-4-3-13-31-18/h1-10,13,15H,11-12,14H2,(H,27,30)(H,28,29). The van der Waals surface area contributed by atoms with E-state index in [1.165, 1.54) is 0 Å². The van der Waals surface area contributed by atoms with Gasteiger partial charge in [-0.1, -0.05) is 23.7 Å². The molecule has 4 rings (SSSR count). The Balaban J connectivity index is 1.33. The largest absolute Gasteiger partial charge is 0.467 e. The number of benzene rings is 2. The third-order valence-electron chi connectivity index (χ3n) is 4.70. The Bertz CT molecular complexity index is 1200. The van der Waals surface area contributed by atoms with E-state index in [9.17, 15) is 9.59 Å². The summed E-state index contributed by atoms with van der Waals surface area (Å²) in [5.41, 5.74) is 1.66. The van der Waals surface area contributed by atoms with Crippen LogP contribution in [0.25, 0.3) is 11.3 Å². The number of hydrogen-bond acceptors (Lipinski definition) is 5. The molecular formula is C24H20ClN3O4. The van der Waals surface area contributed by atoms with Gasteiger partial charge < -0.3 is 19.5 Å². The molecular weight excluding hydrogens is 430 g/mol. The van der Waals surface area contributed by atoms with E-state index in [4.69, 9.17) is 20.4 Å². The first-order valence-corrected chi connectivity index (χ1v) is 10.4. The Hall–Kier alpha value is -3.84. The molecule has 2 amide bonds. The van der Waals surface area contributed by atoms with Crippen molar-refractivity contribution >= 4 is 29.1 Å². The Kier molecular flexibility index (Phi) is 6.67. The number of para-hydroxylation sites is 1. The van der Waals surface area contributed by atoms with Gasteiger partial charge in [-0.15, -0.1) is 0 Å². The number of nitrogens with zero attached hydrogens (tertiary/aromatic N) is 1. The molecule has 2 aromatic carbocycles. The first kappa shape index (κ1) is 21.4. The van der Waals surface area contributed by atoms with Crippen molar-refractivity contribution in [1.82, 2.24) is 10.3 Å². The predicted molar refractivity (Wildman–Crippen MR) is 120 cm³/mol. The van der Waals surface area contributed by atoms with Crippen LogP contribution >= 0.6 is 11.6 Å². The second-order valence-electron chi connectivity index (χ2n) is 6.98. The highest BCUT2D eigenvalue weighted by molar-refractivity contribution is 6.30. The Labute approximate surface area is 189 Å². The van der Waals surface area contributed by atoms with E-state index in [2.05, 4.69) is 15.6 Å². The van der Waals surface area contributed by atoms with Crippen LogP contribution in [0.3, 0.4) is 0 Å². The van der Waals surface area contributed by atoms with Gasteiger partial charge in [0.15, 0.2) is 11.7 Å². The molecule has 2 aromatic heterocycles. The zero-order valence-corrected chi connectivity index (χ0v) is 17.8. The van der Waals surface area contributed by atoms with Crippen molar-refractivity contribution in [3.8, 4) is 11.3 Å². The molecule has 0 bridgehead atoms. The summed E-state index contributed by atoms with van der Waals surface area (Å²) >= 11 is 5.91. The van der Waals surface area contributed by atoms with Crippen molar-refractivity contribution in [3.63, 3.8) is 0 Å². The average Bonchev–Trinajstić information content (AvgIpc) is 3.49. The molecule has 0 aliphatic carbocycles. The zero-order chi connectivity index (χ0) is 22.3. The van der Waals surface area contributed by atoms with Crippen LogP contribution in [0.4, 0.5) is 5.69 Å². The number of nitrogens with one attached hydrogen (secondary N) is 2. The number of anilines is 1. The maximum Gasteiger partial charge on any atom is 0.253 e. The van der Waals surface area contributed by atoms with Crippen LogP contribution in [0.1, 0.15) is 28.4 Å². The Morgan fingerprint density at radius 2 is 1.81 bits per heavy atom. The molecule has 0 saturated carbocycles. The number of carbonyl (C=O) groups excluding carboxylic acids is 2. The minimum atomic E-state index is -0.308. The molecule has 2 N–H and O–H groups in total. The van der Waals surface area contributed by atoms with Crippen LogP contribution in [0.5, 0.6) is 0 Å². The van der Waals surface area contributed by atoms with Crippen molar-refractivity contribution in [3.05, 3.63) is 95.4 Å². The molecule has 2 heterocycles. The highest BCUT2D eigenvalue weighted by Crippen LogP contribution is 2.23. The lowest BCUT2D eigenvalue weighted by Gasteiger charge is -2.10. The third-order valence-corrected chi connectivity index (χ3v) is 4.95. The van der Waals surface area contributed by atoms with Gasteiger partial charge in [0.05, 0.1) is 30.3 Å². The maximum absolute atomic E-state index is 12.5. The van der Waals surface area contributed by atoms with Crippen molar-refractivity contribution < 1.29 is 18.4 Å². The van der Waals surface area contributed by atoms with Gasteiger partial charge in [-0.25, -0.2) is 4.98 Å². The van der Waals surface area contributed by atoms with Crippen molar-refractivity contribution in [1.29, 1.82) is 0 Å². The molecule has 162 valence electrons. The van der Waals surface area contributed by atoms with Gasteiger partial charge in [0.1, 0.15) is 5.76 Å². The monoisotopic (exact) mass is 449 g/mol. The number of aromatic nitrogens is 1. The highest BCUT2D eigenvalue weighted by Gasteiger charge is 2.14. The maximum atomic E-state index is 12.5. The zero-order valence-electron chi connectivity index (χ0n) is 17.0. The number of amides is 2. The van der Waals surface area contributed by atoms with Crippen LogP contribution in [0.2, 0.25) is 5.02 Å². The van der Waals surface area contributed by atoms with E-state index in [0.717, 1.165) is 5.56 Å². The summed E-state index contributed by atoms with van der Waals surface area (Å²) < 4.78 is 11.0. The van der Waals surface area contributed by atoms with Crippen molar-refractivity contribution in [2.24, 2.45) is 0 Å². The van der Waals surface area contributed by atoms with E-state index in [0.29, 0.717) is 40.1 Å². The molecule has 0 fully saturated rings. The van der Waals surface area contributed by atoms with Crippen LogP contribution in [0.15, 0.2) is 82.0 Å². The summed E-state index contributed by atoms with van der Waals surface area (Å²) in [6.07, 6.45) is 3.65. The smallest absolute Gasteiger partial charge is 0.253 e. The van der Waals surface area contributed by atoms with E-state index < -0.39 is 0 Å². The topological polar surface area (TPSA) is 97.4 Å². The molecule has 7 nitrogen and oxygen atoms in total. The van der Waals surface area contributed by atoms with Gasteiger partial charge >= 0.3 is 0 Å². The molecule has 0 aliphatic rings. The molecule has 0 saturated heterocycles. The van der Waals surface area contributed by atoms with Gasteiger partial charge in [0.2, 0.25) is 5.91 Å². The van der Waals surface area contributed by atoms with Gasteiger partial charge in [0.25, 0.3) is 5.91 Å². The quantitative estimate of drug-likeness (QED) is 0.390. The van der Waals surface area contributed by atoms with E-state index in [1.54, 1.807) is 61.0 Å². The fraction of sp³-hybridized carbons (Fsp3) is 0.125. The summed E-state index contributed by atoms with van der Waals surface area (Å²) in [5.74, 6) is 1.15. The number of hydrogen-bond donors (Lipinski definition) is 2. The molecule has 4 aromatic rings. The highest BCUT2D eigenvalue weighted by atomic mass is 35.5. The molecule has 0 radical (unpaired) electrons. The van der Waals surface area contributed by atoms with Crippen LogP contribution in [-0.2, 0) is 17.8 Å². The Morgan fingerprint density at radius 1 is 1.00 bits per heavy atom. The van der Waals surface area contributed by atoms with Gasteiger partial charge in [-0.05, 0) is 48.5 Å². The summed E-state index contributed by atoms with van der Waals surface area (Å²) in [7, 11) is 0. The molecule has 0 spiro atoms. The van der Waals surface area contributed by atoms with Crippen LogP contribution in [0, 0.1) is 0 Å². The van der Waals surface area contributed by atoms with Crippen molar-refractivity contribution in [2.45, 2.75) is 19.4 Å². The molecule has 32 heavy (non-hydrogen) atoms. The van der Waals surface area contributed by atoms with E-state index in [-0.39, 0.29) is 24.8 Å². The number of rotatable bonds is 8. The average molecular weight is 450 g/mol. The number of oxazole rings is 1.